The molecule has 4 atom stereocenters. The van der Waals surface area contributed by atoms with Crippen LogP contribution in [0.15, 0.2) is 96.2 Å². The first-order chi connectivity index (χ1) is 17.5. The van der Waals surface area contributed by atoms with Gasteiger partial charge in [0.15, 0.2) is 6.10 Å². The van der Waals surface area contributed by atoms with E-state index >= 15 is 0 Å². The van der Waals surface area contributed by atoms with E-state index in [0.717, 1.165) is 11.8 Å². The molecule has 0 fully saturated rings. The predicted molar refractivity (Wildman–Crippen MR) is 137 cm³/mol. The molecule has 36 heavy (non-hydrogen) atoms. The lowest BCUT2D eigenvalue weighted by molar-refractivity contribution is -0.0951. The summed E-state index contributed by atoms with van der Waals surface area (Å²) in [6.45, 7) is 0.153. The highest BCUT2D eigenvalue weighted by atomic mass is 79.9. The third-order valence-electron chi connectivity index (χ3n) is 5.09. The van der Waals surface area contributed by atoms with Crippen LogP contribution in [0.25, 0.3) is 0 Å². The minimum Gasteiger partial charge on any atom is -0.455 e. The number of benzene rings is 3. The molecule has 0 aliphatic carbocycles. The van der Waals surface area contributed by atoms with E-state index in [0.29, 0.717) is 0 Å². The maximum Gasteiger partial charge on any atom is 0.338 e. The average Bonchev–Trinajstić information content (AvgIpc) is 2.93. The molecular formula is C27H26BrNO7. The molecule has 0 spiro atoms. The van der Waals surface area contributed by atoms with Crippen molar-refractivity contribution in [2.75, 3.05) is 5.33 Å². The van der Waals surface area contributed by atoms with Crippen LogP contribution < -0.4 is 0 Å². The predicted octanol–water partition coefficient (Wildman–Crippen LogP) is 3.76. The summed E-state index contributed by atoms with van der Waals surface area (Å²) in [6.07, 6.45) is -4.83. The molecule has 0 saturated heterocycles. The van der Waals surface area contributed by atoms with Crippen molar-refractivity contribution in [3.63, 3.8) is 0 Å². The number of carbonyl (C=O) groups excluding carboxylic acids is 2. The van der Waals surface area contributed by atoms with Crippen LogP contribution in [-0.4, -0.2) is 58.1 Å². The Hall–Kier alpha value is -3.53. The van der Waals surface area contributed by atoms with Gasteiger partial charge in [0.05, 0.1) is 17.3 Å². The van der Waals surface area contributed by atoms with Crippen LogP contribution in [0.1, 0.15) is 26.3 Å². The number of hydrogen-bond donors (Lipinski definition) is 2. The zero-order chi connectivity index (χ0) is 25.8. The number of nitrogens with zero attached hydrogens (tertiary/aromatic N) is 1. The van der Waals surface area contributed by atoms with E-state index in [4.69, 9.17) is 14.3 Å². The Morgan fingerprint density at radius 2 is 1.31 bits per heavy atom. The Bertz CT molecular complexity index is 1110. The zero-order valence-electron chi connectivity index (χ0n) is 19.2. The molecule has 0 amide bonds. The van der Waals surface area contributed by atoms with Crippen LogP contribution in [0.3, 0.4) is 0 Å². The monoisotopic (exact) mass is 555 g/mol. The van der Waals surface area contributed by atoms with E-state index in [-0.39, 0.29) is 23.1 Å². The van der Waals surface area contributed by atoms with Gasteiger partial charge in [-0.25, -0.2) is 9.59 Å². The first-order valence-corrected chi connectivity index (χ1v) is 12.2. The first kappa shape index (κ1) is 27.1. The number of carbonyl (C=O) groups is 2. The fourth-order valence-electron chi connectivity index (χ4n) is 3.17. The summed E-state index contributed by atoms with van der Waals surface area (Å²) in [5.74, 6) is -1.46. The van der Waals surface area contributed by atoms with Crippen LogP contribution in [0, 0.1) is 0 Å². The van der Waals surface area contributed by atoms with Crippen molar-refractivity contribution in [2.24, 2.45) is 5.16 Å². The van der Waals surface area contributed by atoms with Gasteiger partial charge >= 0.3 is 11.9 Å². The summed E-state index contributed by atoms with van der Waals surface area (Å²) < 4.78 is 10.9. The van der Waals surface area contributed by atoms with Crippen LogP contribution >= 0.6 is 15.9 Å². The maximum absolute atomic E-state index is 12.7. The van der Waals surface area contributed by atoms with Crippen molar-refractivity contribution in [3.05, 3.63) is 108 Å². The number of aliphatic hydroxyl groups excluding tert-OH is 2. The van der Waals surface area contributed by atoms with Crippen molar-refractivity contribution in [2.45, 2.75) is 31.0 Å². The number of alkyl halides is 1. The second-order valence-electron chi connectivity index (χ2n) is 7.69. The minimum absolute atomic E-state index is 0.0144. The highest BCUT2D eigenvalue weighted by molar-refractivity contribution is 9.09. The van der Waals surface area contributed by atoms with Gasteiger partial charge in [0.2, 0.25) is 0 Å². The third kappa shape index (κ3) is 8.01. The Labute approximate surface area is 217 Å². The Morgan fingerprint density at radius 3 is 1.83 bits per heavy atom. The number of oxime groups is 1. The molecule has 0 saturated carbocycles. The van der Waals surface area contributed by atoms with E-state index in [1.54, 1.807) is 48.5 Å². The fraction of sp³-hybridized carbons (Fsp3) is 0.222. The average molecular weight is 556 g/mol. The number of aliphatic hydroxyl groups is 2. The summed E-state index contributed by atoms with van der Waals surface area (Å²) >= 11 is 3.22. The van der Waals surface area contributed by atoms with Gasteiger partial charge < -0.3 is 24.5 Å². The van der Waals surface area contributed by atoms with E-state index in [2.05, 4.69) is 21.1 Å². The molecule has 3 aromatic rings. The number of hydrogen-bond acceptors (Lipinski definition) is 8. The van der Waals surface area contributed by atoms with Gasteiger partial charge in [-0.3, -0.25) is 0 Å². The molecule has 0 aliphatic heterocycles. The number of rotatable bonds is 12. The number of esters is 2. The third-order valence-corrected chi connectivity index (χ3v) is 5.73. The molecule has 0 heterocycles. The molecule has 0 radical (unpaired) electrons. The van der Waals surface area contributed by atoms with Gasteiger partial charge in [0.25, 0.3) is 0 Å². The first-order valence-electron chi connectivity index (χ1n) is 11.1. The van der Waals surface area contributed by atoms with Crippen molar-refractivity contribution >= 4 is 34.1 Å². The smallest absolute Gasteiger partial charge is 0.338 e. The maximum atomic E-state index is 12.7. The number of ether oxygens (including phenoxy) is 2. The van der Waals surface area contributed by atoms with Crippen LogP contribution in [0.4, 0.5) is 0 Å². The van der Waals surface area contributed by atoms with Crippen LogP contribution in [0.5, 0.6) is 0 Å². The van der Waals surface area contributed by atoms with Gasteiger partial charge in [0.1, 0.15) is 24.9 Å². The SMILES string of the molecule is O=C(O[C@@H]([C@H](O)[C@@H](CBr)OC(=O)c1ccccc1)[C@@H](O)/C=N\OCc1ccccc1)c1ccccc1. The molecule has 0 aliphatic rings. The molecule has 0 aromatic heterocycles. The van der Waals surface area contributed by atoms with Gasteiger partial charge in [-0.2, -0.15) is 0 Å². The second kappa shape index (κ2) is 14.1. The van der Waals surface area contributed by atoms with Crippen LogP contribution in [0.2, 0.25) is 0 Å². The Morgan fingerprint density at radius 1 is 0.806 bits per heavy atom. The fourth-order valence-corrected chi connectivity index (χ4v) is 3.68. The summed E-state index contributed by atoms with van der Waals surface area (Å²) in [6, 6.07) is 25.6. The van der Waals surface area contributed by atoms with Gasteiger partial charge in [-0.05, 0) is 29.8 Å². The normalized spacial score (nSPS) is 14.4. The van der Waals surface area contributed by atoms with Crippen molar-refractivity contribution < 1.29 is 34.1 Å². The van der Waals surface area contributed by atoms with Crippen LogP contribution in [-0.2, 0) is 20.9 Å². The quantitative estimate of drug-likeness (QED) is 0.151. The molecule has 0 bridgehead atoms. The van der Waals surface area contributed by atoms with E-state index in [1.807, 2.05) is 30.3 Å². The molecule has 9 heteroatoms. The Balaban J connectivity index is 1.73. The molecule has 3 aromatic carbocycles. The van der Waals surface area contributed by atoms with Gasteiger partial charge in [0, 0.05) is 5.33 Å². The molecule has 2 N–H and O–H groups in total. The minimum atomic E-state index is -1.60. The highest BCUT2D eigenvalue weighted by Crippen LogP contribution is 2.18. The zero-order valence-corrected chi connectivity index (χ0v) is 20.8. The Kier molecular flexibility index (Phi) is 10.6. The van der Waals surface area contributed by atoms with Gasteiger partial charge in [-0.15, -0.1) is 0 Å². The summed E-state index contributed by atoms with van der Waals surface area (Å²) in [5.41, 5.74) is 1.36. The molecular weight excluding hydrogens is 530 g/mol. The lowest BCUT2D eigenvalue weighted by atomic mass is 10.0. The summed E-state index contributed by atoms with van der Waals surface area (Å²) in [7, 11) is 0. The molecule has 3 rings (SSSR count). The number of halogens is 1. The van der Waals surface area contributed by atoms with Crippen molar-refractivity contribution in [3.8, 4) is 0 Å². The molecule has 0 unspecified atom stereocenters. The second-order valence-corrected chi connectivity index (χ2v) is 8.34. The summed E-state index contributed by atoms with van der Waals surface area (Å²) in [4.78, 5) is 30.4. The molecule has 8 nitrogen and oxygen atoms in total. The molecule has 188 valence electrons. The standard InChI is InChI=1S/C27H26BrNO7/c28-16-23(35-26(32)20-12-6-2-7-13-20)24(31)25(36-27(33)21-14-8-3-9-15-21)22(30)17-29-34-18-19-10-4-1-5-11-19/h1-15,17,22-25,30-31H,16,18H2/b29-17-/t22-,23+,24+,25+/m0/s1. The van der Waals surface area contributed by atoms with Gasteiger partial charge in [-0.1, -0.05) is 87.8 Å². The largest absolute Gasteiger partial charge is 0.455 e. The highest BCUT2D eigenvalue weighted by Gasteiger charge is 2.37. The van der Waals surface area contributed by atoms with Crippen molar-refractivity contribution in [1.29, 1.82) is 0 Å². The lowest BCUT2D eigenvalue weighted by Gasteiger charge is -2.30. The topological polar surface area (TPSA) is 115 Å². The lowest BCUT2D eigenvalue weighted by Crippen LogP contribution is -2.49. The summed E-state index contributed by atoms with van der Waals surface area (Å²) in [5, 5.41) is 25.5. The van der Waals surface area contributed by atoms with E-state index < -0.39 is 36.4 Å². The van der Waals surface area contributed by atoms with Crippen molar-refractivity contribution in [1.82, 2.24) is 0 Å². The van der Waals surface area contributed by atoms with E-state index in [9.17, 15) is 19.8 Å². The van der Waals surface area contributed by atoms with E-state index in [1.165, 1.54) is 12.1 Å².